The van der Waals surface area contributed by atoms with Crippen molar-refractivity contribution in [1.29, 1.82) is 0 Å². The van der Waals surface area contributed by atoms with Crippen LogP contribution in [0, 0.1) is 5.92 Å². The standard InChI is InChI=1S/C28H45N5O15/c1-28(2,3)48-27(44)31-10-13-16(36)19(39)25(45-13)47-20(11(22(40)30-5)6-7-12(34)15(29-4)24(41)42)21-17(37)18(38)23(46-21)33-9-8-14(35)32-26(33)43/h8-9,11-13,15-21,23,25,29,34,36-39H,6-7,10H2,1-5H3,(H,30,40)(H,31,44)(H,41,42)(H,32,35,43)/p-1/t11-,12-,13?,15-,16?,17?,18?,19?,20-,21?,23?,25?/m0/s1. The van der Waals surface area contributed by atoms with Crippen molar-refractivity contribution >= 4 is 18.0 Å². The number of hydrogen-bond donors (Lipinski definition) is 9. The molecule has 9 N–H and O–H groups in total. The lowest BCUT2D eigenvalue weighted by Gasteiger charge is -2.34. The Morgan fingerprint density at radius 1 is 1.08 bits per heavy atom. The minimum atomic E-state index is -1.87. The van der Waals surface area contributed by atoms with Gasteiger partial charge in [-0.25, -0.2) is 4.79 Å². The van der Waals surface area contributed by atoms with Gasteiger partial charge in [0.25, 0.3) is 5.56 Å². The Bertz CT molecular complexity index is 1400. The van der Waals surface area contributed by atoms with E-state index in [-0.39, 0.29) is 12.8 Å². The van der Waals surface area contributed by atoms with E-state index >= 15 is 0 Å². The van der Waals surface area contributed by atoms with E-state index in [1.165, 1.54) is 14.1 Å². The summed E-state index contributed by atoms with van der Waals surface area (Å²) in [5, 5.41) is 80.5. The minimum absolute atomic E-state index is 0.314. The second-order valence-corrected chi connectivity index (χ2v) is 12.4. The van der Waals surface area contributed by atoms with Crippen LogP contribution in [0.15, 0.2) is 26.8 Å². The van der Waals surface area contributed by atoms with Crippen LogP contribution in [0.1, 0.15) is 39.8 Å². The first-order valence-electron chi connectivity index (χ1n) is 15.1. The van der Waals surface area contributed by atoms with Crippen LogP contribution in [0.4, 0.5) is 0 Å². The van der Waals surface area contributed by atoms with Crippen molar-refractivity contribution in [2.75, 3.05) is 20.6 Å². The monoisotopic (exact) mass is 690 g/mol. The number of likely N-dealkylation sites (N-methyl/N-ethyl adjacent to an activating group) is 1. The van der Waals surface area contributed by atoms with Crippen molar-refractivity contribution in [1.82, 2.24) is 20.2 Å². The summed E-state index contributed by atoms with van der Waals surface area (Å²) < 4.78 is 23.4. The van der Waals surface area contributed by atoms with Crippen molar-refractivity contribution in [2.45, 2.75) is 107 Å². The Morgan fingerprint density at radius 2 is 1.75 bits per heavy atom. The van der Waals surface area contributed by atoms with Crippen molar-refractivity contribution in [3.63, 3.8) is 0 Å². The number of nitrogens with one attached hydrogen (secondary N) is 3. The molecular weight excluding hydrogens is 646 g/mol. The molecule has 20 heteroatoms. The van der Waals surface area contributed by atoms with Crippen LogP contribution in [0.2, 0.25) is 0 Å². The predicted molar refractivity (Wildman–Crippen MR) is 159 cm³/mol. The van der Waals surface area contributed by atoms with Gasteiger partial charge in [-0.05, 0) is 19.9 Å². The number of hydrogen-bond acceptors (Lipinski definition) is 16. The van der Waals surface area contributed by atoms with Crippen LogP contribution in [0.5, 0.6) is 0 Å². The Kier molecular flexibility index (Phi) is 13.2. The summed E-state index contributed by atoms with van der Waals surface area (Å²) in [6, 6.07) is -0.460. The van der Waals surface area contributed by atoms with E-state index < -0.39 is 115 Å². The molecule has 1 aromatic heterocycles. The van der Waals surface area contributed by atoms with Gasteiger partial charge in [-0.1, -0.05) is 20.8 Å². The number of carboxylic acid groups (broad SMARTS) is 1. The first-order chi connectivity index (χ1) is 22.4. The SMILES string of the molecule is CNC(=O)[C@@H](CC[C@H](O)[C@H](NC)C(=O)O)[C@H](OC1OC(CN=C([O-])OC(C)(C)C)C(O)C1O)C1OC(n2ccc(=O)[nH]c2=O)C(O)C1O. The van der Waals surface area contributed by atoms with Gasteiger partial charge < -0.3 is 65.3 Å². The lowest BCUT2D eigenvalue weighted by atomic mass is 9.87. The summed E-state index contributed by atoms with van der Waals surface area (Å²) in [4.78, 5) is 54.6. The first kappa shape index (κ1) is 39.0. The molecular formula is C28H44N5O15-. The van der Waals surface area contributed by atoms with E-state index in [2.05, 4.69) is 15.6 Å². The molecule has 2 aliphatic rings. The molecule has 2 fully saturated rings. The first-order valence-corrected chi connectivity index (χ1v) is 15.1. The molecule has 48 heavy (non-hydrogen) atoms. The molecule has 272 valence electrons. The van der Waals surface area contributed by atoms with Gasteiger partial charge in [0, 0.05) is 24.9 Å². The van der Waals surface area contributed by atoms with Gasteiger partial charge in [0.1, 0.15) is 54.9 Å². The number of carboxylic acids is 1. The van der Waals surface area contributed by atoms with Gasteiger partial charge in [0.15, 0.2) is 12.5 Å². The third-order valence-corrected chi connectivity index (χ3v) is 7.84. The number of ether oxygens (including phenoxy) is 4. The van der Waals surface area contributed by atoms with Crippen LogP contribution in [-0.2, 0) is 28.5 Å². The lowest BCUT2D eigenvalue weighted by molar-refractivity contribution is -0.261. The number of nitrogens with zero attached hydrogens (tertiary/aromatic N) is 2. The molecule has 2 saturated heterocycles. The van der Waals surface area contributed by atoms with Crippen LogP contribution in [-0.4, -0.2) is 146 Å². The van der Waals surface area contributed by atoms with E-state index in [9.17, 15) is 54.9 Å². The number of aliphatic hydroxyl groups excluding tert-OH is 5. The number of carbonyl (C=O) groups excluding carboxylic acids is 1. The number of aliphatic hydroxyl groups is 5. The van der Waals surface area contributed by atoms with Gasteiger partial charge in [-0.2, -0.15) is 0 Å². The van der Waals surface area contributed by atoms with Gasteiger partial charge in [-0.3, -0.25) is 28.9 Å². The smallest absolute Gasteiger partial charge is 0.330 e. The molecule has 3 rings (SSSR count). The highest BCUT2D eigenvalue weighted by atomic mass is 16.7. The van der Waals surface area contributed by atoms with E-state index in [4.69, 9.17) is 18.9 Å². The van der Waals surface area contributed by atoms with E-state index in [1.807, 2.05) is 4.98 Å². The highest BCUT2D eigenvalue weighted by Crippen LogP contribution is 2.37. The average Bonchev–Trinajstić information content (AvgIpc) is 3.43. The number of rotatable bonds is 14. The molecule has 0 saturated carbocycles. The number of amides is 1. The Morgan fingerprint density at radius 3 is 2.31 bits per heavy atom. The van der Waals surface area contributed by atoms with Crippen LogP contribution < -0.4 is 27.0 Å². The lowest BCUT2D eigenvalue weighted by Crippen LogP contribution is -2.52. The third kappa shape index (κ3) is 9.36. The predicted octanol–water partition coefficient (Wildman–Crippen LogP) is -5.30. The molecule has 3 heterocycles. The van der Waals surface area contributed by atoms with Crippen LogP contribution >= 0.6 is 0 Å². The topological polar surface area (TPSA) is 307 Å². The summed E-state index contributed by atoms with van der Waals surface area (Å²) in [5.74, 6) is -3.55. The Labute approximate surface area is 273 Å². The van der Waals surface area contributed by atoms with Gasteiger partial charge in [-0.15, -0.1) is 0 Å². The molecule has 0 spiro atoms. The third-order valence-electron chi connectivity index (χ3n) is 7.84. The maximum Gasteiger partial charge on any atom is 0.330 e. The summed E-state index contributed by atoms with van der Waals surface area (Å²) >= 11 is 0. The molecule has 1 amide bonds. The molecule has 1 aromatic rings. The number of H-pyrrole nitrogens is 1. The molecule has 0 radical (unpaired) electrons. The molecule has 12 atom stereocenters. The summed E-state index contributed by atoms with van der Waals surface area (Å²) in [7, 11) is 2.57. The molecule has 2 aliphatic heterocycles. The zero-order valence-corrected chi connectivity index (χ0v) is 27.0. The van der Waals surface area contributed by atoms with Gasteiger partial charge >= 0.3 is 11.7 Å². The maximum atomic E-state index is 13.3. The Balaban J connectivity index is 1.97. The fourth-order valence-corrected chi connectivity index (χ4v) is 5.43. The average molecular weight is 691 g/mol. The summed E-state index contributed by atoms with van der Waals surface area (Å²) in [6.45, 7) is 4.38. The fraction of sp³-hybridized carbons (Fsp3) is 0.750. The molecule has 20 nitrogen and oxygen atoms in total. The van der Waals surface area contributed by atoms with E-state index in [0.29, 0.717) is 0 Å². The van der Waals surface area contributed by atoms with Gasteiger partial charge in [0.05, 0.1) is 18.6 Å². The quantitative estimate of drug-likeness (QED) is 0.0650. The zero-order chi connectivity index (χ0) is 36.1. The fourth-order valence-electron chi connectivity index (χ4n) is 5.43. The minimum Gasteiger partial charge on any atom is -0.595 e. The highest BCUT2D eigenvalue weighted by molar-refractivity contribution is 5.79. The van der Waals surface area contributed by atoms with Gasteiger partial charge in [0.2, 0.25) is 5.91 Å². The van der Waals surface area contributed by atoms with E-state index in [0.717, 1.165) is 16.8 Å². The highest BCUT2D eigenvalue weighted by Gasteiger charge is 2.54. The molecule has 8 unspecified atom stereocenters. The summed E-state index contributed by atoms with van der Waals surface area (Å²) in [5.41, 5.74) is -2.61. The van der Waals surface area contributed by atoms with Crippen molar-refractivity contribution in [2.24, 2.45) is 10.9 Å². The molecule has 0 bridgehead atoms. The zero-order valence-electron chi connectivity index (χ0n) is 27.0. The number of aromatic amines is 1. The normalized spacial score (nSPS) is 30.4. The van der Waals surface area contributed by atoms with Crippen LogP contribution in [0.3, 0.4) is 0 Å². The number of aliphatic imine (C=N–C) groups is 1. The van der Waals surface area contributed by atoms with Crippen molar-refractivity contribution in [3.8, 4) is 0 Å². The maximum absolute atomic E-state index is 13.3. The molecule has 0 aliphatic carbocycles. The number of aliphatic carboxylic acids is 1. The van der Waals surface area contributed by atoms with Crippen molar-refractivity contribution in [3.05, 3.63) is 33.1 Å². The summed E-state index contributed by atoms with van der Waals surface area (Å²) in [6.07, 6.45) is -17.3. The second-order valence-electron chi connectivity index (χ2n) is 12.4. The Hall–Kier alpha value is -3.47. The largest absolute Gasteiger partial charge is 0.595 e. The molecule has 0 aromatic carbocycles. The second kappa shape index (κ2) is 16.3. The van der Waals surface area contributed by atoms with E-state index in [1.54, 1.807) is 20.8 Å². The van der Waals surface area contributed by atoms with Crippen LogP contribution in [0.25, 0.3) is 0 Å². The number of carbonyl (C=O) groups is 2. The number of aromatic nitrogens is 2. The van der Waals surface area contributed by atoms with Crippen molar-refractivity contribution < 1.29 is 64.3 Å².